The summed E-state index contributed by atoms with van der Waals surface area (Å²) >= 11 is 0. The Morgan fingerprint density at radius 1 is 0.784 bits per heavy atom. The molecule has 2 N–H and O–H groups in total. The molecule has 3 aliphatic rings. The number of nitrogens with zero attached hydrogens (tertiary/aromatic N) is 3. The number of amides is 4. The minimum Gasteiger partial charge on any atom is -0.355 e. The van der Waals surface area contributed by atoms with E-state index >= 15 is 0 Å². The molecule has 2 heterocycles. The number of likely N-dealkylation sites (tertiary alicyclic amines) is 1. The molecule has 0 aromatic heterocycles. The van der Waals surface area contributed by atoms with Crippen molar-refractivity contribution in [2.24, 2.45) is 5.92 Å². The lowest BCUT2D eigenvalue weighted by molar-refractivity contribution is -0.142. The van der Waals surface area contributed by atoms with E-state index in [1.165, 1.54) is 69.8 Å². The molecule has 2 aromatic rings. The lowest BCUT2D eigenvalue weighted by Gasteiger charge is -2.38. The molecule has 4 atom stereocenters. The number of rotatable bonds is 20. The maximum Gasteiger partial charge on any atom is 0.253 e. The van der Waals surface area contributed by atoms with Gasteiger partial charge in [-0.15, -0.1) is 0 Å². The Morgan fingerprint density at radius 3 is 2.10 bits per heavy atom. The average molecular weight is 700 g/mol. The van der Waals surface area contributed by atoms with E-state index in [9.17, 15) is 19.2 Å². The van der Waals surface area contributed by atoms with Gasteiger partial charge in [-0.2, -0.15) is 0 Å². The van der Waals surface area contributed by atoms with Crippen molar-refractivity contribution in [3.8, 4) is 0 Å². The highest BCUT2D eigenvalue weighted by atomic mass is 16.2. The number of hydrogen-bond acceptors (Lipinski definition) is 5. The SMILES string of the molecule is CCCCCCCCCCCCCCNC(=O)[C@@H]1CN(Cc2ccc(C(=O)N3CC[C@H](C(=O)N[C@H]4C[C@@H]4c4ccccc4)C3)cc2)C(=O)CN1C. The fourth-order valence-corrected chi connectivity index (χ4v) is 7.64. The summed E-state index contributed by atoms with van der Waals surface area (Å²) < 4.78 is 0. The van der Waals surface area contributed by atoms with Gasteiger partial charge in [-0.25, -0.2) is 0 Å². The molecule has 2 saturated heterocycles. The Kier molecular flexibility index (Phi) is 14.9. The van der Waals surface area contributed by atoms with E-state index in [2.05, 4.69) is 29.7 Å². The number of piperazine rings is 1. The number of unbranched alkanes of at least 4 members (excludes halogenated alkanes) is 11. The highest BCUT2D eigenvalue weighted by Crippen LogP contribution is 2.41. The summed E-state index contributed by atoms with van der Waals surface area (Å²) in [7, 11) is 1.84. The van der Waals surface area contributed by atoms with Gasteiger partial charge in [-0.05, 0) is 49.6 Å². The molecule has 4 amide bonds. The molecule has 5 rings (SSSR count). The normalized spacial score (nSPS) is 21.9. The van der Waals surface area contributed by atoms with E-state index in [-0.39, 0.29) is 48.2 Å². The second-order valence-electron chi connectivity index (χ2n) is 15.2. The van der Waals surface area contributed by atoms with Crippen LogP contribution in [-0.2, 0) is 20.9 Å². The van der Waals surface area contributed by atoms with Crippen LogP contribution < -0.4 is 10.6 Å². The second-order valence-corrected chi connectivity index (χ2v) is 15.2. The number of carbonyl (C=O) groups is 4. The van der Waals surface area contributed by atoms with Crippen LogP contribution in [0.5, 0.6) is 0 Å². The molecule has 2 aromatic carbocycles. The van der Waals surface area contributed by atoms with Crippen LogP contribution in [0.2, 0.25) is 0 Å². The molecule has 1 saturated carbocycles. The molecule has 0 bridgehead atoms. The van der Waals surface area contributed by atoms with Gasteiger partial charge < -0.3 is 20.4 Å². The Bertz CT molecular complexity index is 1420. The first-order chi connectivity index (χ1) is 24.8. The van der Waals surface area contributed by atoms with Crippen LogP contribution in [0.4, 0.5) is 0 Å². The van der Waals surface area contributed by atoms with Crippen LogP contribution in [0.25, 0.3) is 0 Å². The zero-order valence-electron chi connectivity index (χ0n) is 31.1. The monoisotopic (exact) mass is 699 g/mol. The summed E-state index contributed by atoms with van der Waals surface area (Å²) in [4.78, 5) is 57.6. The average Bonchev–Trinajstić information content (AvgIpc) is 3.72. The third-order valence-electron chi connectivity index (χ3n) is 11.1. The quantitative estimate of drug-likeness (QED) is 0.159. The maximum absolute atomic E-state index is 13.3. The summed E-state index contributed by atoms with van der Waals surface area (Å²) in [5, 5.41) is 6.31. The van der Waals surface area contributed by atoms with Crippen molar-refractivity contribution in [2.75, 3.05) is 39.8 Å². The Morgan fingerprint density at radius 2 is 1.43 bits per heavy atom. The minimum absolute atomic E-state index is 0.00895. The van der Waals surface area contributed by atoms with Crippen molar-refractivity contribution in [3.63, 3.8) is 0 Å². The standard InChI is InChI=1S/C42H61N5O4/c1-3-4-5-6-7-8-9-10-11-12-13-17-25-43-41(50)38-30-47(39(48)31-45(38)2)28-32-20-22-34(23-21-32)42(51)46-26-24-35(29-46)40(49)44-37-27-36(37)33-18-15-14-16-19-33/h14-16,18-23,35-38H,3-13,17,24-31H2,1-2H3,(H,43,50)(H,44,49)/t35-,36+,37-,38-/m0/s1. The van der Waals surface area contributed by atoms with E-state index in [0.717, 1.165) is 24.8 Å². The van der Waals surface area contributed by atoms with Gasteiger partial charge in [0.2, 0.25) is 17.7 Å². The van der Waals surface area contributed by atoms with Gasteiger partial charge >= 0.3 is 0 Å². The number of carbonyl (C=O) groups excluding carboxylic acids is 4. The molecule has 9 heteroatoms. The molecule has 0 unspecified atom stereocenters. The molecule has 278 valence electrons. The first kappa shape index (κ1) is 38.5. The smallest absolute Gasteiger partial charge is 0.253 e. The van der Waals surface area contributed by atoms with Gasteiger partial charge in [0.25, 0.3) is 5.91 Å². The molecule has 51 heavy (non-hydrogen) atoms. The highest BCUT2D eigenvalue weighted by Gasteiger charge is 2.41. The van der Waals surface area contributed by atoms with Crippen LogP contribution >= 0.6 is 0 Å². The van der Waals surface area contributed by atoms with E-state index in [1.807, 2.05) is 42.3 Å². The van der Waals surface area contributed by atoms with Crippen LogP contribution in [-0.4, -0.2) is 90.2 Å². The Labute approximate surface area is 305 Å². The topological polar surface area (TPSA) is 102 Å². The highest BCUT2D eigenvalue weighted by molar-refractivity contribution is 5.95. The zero-order chi connectivity index (χ0) is 36.0. The molecular formula is C42H61N5O4. The van der Waals surface area contributed by atoms with Gasteiger partial charge in [0.05, 0.1) is 12.5 Å². The van der Waals surface area contributed by atoms with Crippen LogP contribution in [0.3, 0.4) is 0 Å². The zero-order valence-corrected chi connectivity index (χ0v) is 31.1. The molecule has 1 aliphatic carbocycles. The van der Waals surface area contributed by atoms with Gasteiger partial charge in [0.1, 0.15) is 6.04 Å². The fourth-order valence-electron chi connectivity index (χ4n) is 7.64. The van der Waals surface area contributed by atoms with E-state index in [4.69, 9.17) is 0 Å². The third-order valence-corrected chi connectivity index (χ3v) is 11.1. The van der Waals surface area contributed by atoms with Crippen molar-refractivity contribution < 1.29 is 19.2 Å². The van der Waals surface area contributed by atoms with Gasteiger partial charge in [-0.1, -0.05) is 120 Å². The summed E-state index contributed by atoms with van der Waals surface area (Å²) in [6.45, 7) is 4.84. The molecule has 2 aliphatic heterocycles. The van der Waals surface area contributed by atoms with E-state index < -0.39 is 0 Å². The van der Waals surface area contributed by atoms with Crippen molar-refractivity contribution in [2.45, 2.75) is 121 Å². The molecular weight excluding hydrogens is 638 g/mol. The lowest BCUT2D eigenvalue weighted by atomic mass is 10.1. The van der Waals surface area contributed by atoms with Crippen LogP contribution in [0.15, 0.2) is 54.6 Å². The molecule has 0 radical (unpaired) electrons. The second kappa shape index (κ2) is 19.8. The van der Waals surface area contributed by atoms with Crippen molar-refractivity contribution in [1.82, 2.24) is 25.3 Å². The molecule has 3 fully saturated rings. The van der Waals surface area contributed by atoms with Crippen LogP contribution in [0, 0.1) is 5.92 Å². The summed E-state index contributed by atoms with van der Waals surface area (Å²) in [5.41, 5.74) is 2.75. The van der Waals surface area contributed by atoms with Crippen LogP contribution in [0.1, 0.15) is 124 Å². The first-order valence-electron chi connectivity index (χ1n) is 19.8. The minimum atomic E-state index is -0.384. The predicted octanol–water partition coefficient (Wildman–Crippen LogP) is 6.28. The van der Waals surface area contributed by atoms with E-state index in [1.54, 1.807) is 21.9 Å². The first-order valence-corrected chi connectivity index (χ1v) is 19.8. The number of nitrogens with one attached hydrogen (secondary N) is 2. The van der Waals surface area contributed by atoms with Gasteiger partial charge in [-0.3, -0.25) is 24.1 Å². The summed E-state index contributed by atoms with van der Waals surface area (Å²) in [6.07, 6.45) is 17.0. The summed E-state index contributed by atoms with van der Waals surface area (Å²) in [5.74, 6) is 0.118. The van der Waals surface area contributed by atoms with E-state index in [0.29, 0.717) is 50.6 Å². The van der Waals surface area contributed by atoms with Crippen molar-refractivity contribution in [1.29, 1.82) is 0 Å². The van der Waals surface area contributed by atoms with Gasteiger partial charge in [0, 0.05) is 50.2 Å². The number of likely N-dealkylation sites (N-methyl/N-ethyl adjacent to an activating group) is 1. The Hall–Kier alpha value is -3.72. The largest absolute Gasteiger partial charge is 0.355 e. The third kappa shape index (κ3) is 11.6. The Balaban J connectivity index is 0.981. The summed E-state index contributed by atoms with van der Waals surface area (Å²) in [6, 6.07) is 17.5. The van der Waals surface area contributed by atoms with Crippen molar-refractivity contribution >= 4 is 23.6 Å². The number of hydrogen-bond donors (Lipinski definition) is 2. The lowest BCUT2D eigenvalue weighted by Crippen LogP contribution is -2.59. The predicted molar refractivity (Wildman–Crippen MR) is 202 cm³/mol. The molecule has 9 nitrogen and oxygen atoms in total. The van der Waals surface area contributed by atoms with Crippen molar-refractivity contribution in [3.05, 3.63) is 71.3 Å². The maximum atomic E-state index is 13.3. The van der Waals surface area contributed by atoms with Gasteiger partial charge in [0.15, 0.2) is 0 Å². The molecule has 0 spiro atoms. The fraction of sp³-hybridized carbons (Fsp3) is 0.619. The number of benzene rings is 2.